The van der Waals surface area contributed by atoms with Crippen LogP contribution in [0.1, 0.15) is 24.1 Å². The first-order valence-corrected chi connectivity index (χ1v) is 6.65. The van der Waals surface area contributed by atoms with Crippen LogP contribution < -0.4 is 14.8 Å². The van der Waals surface area contributed by atoms with E-state index < -0.39 is 0 Å². The minimum atomic E-state index is 0.0491. The molecule has 1 atom stereocenters. The normalized spacial score (nSPS) is 11.9. The molecule has 0 aliphatic rings. The molecule has 20 heavy (non-hydrogen) atoms. The van der Waals surface area contributed by atoms with Gasteiger partial charge in [-0.05, 0) is 30.3 Å². The van der Waals surface area contributed by atoms with Gasteiger partial charge in [0, 0.05) is 11.8 Å². The molecule has 2 rings (SSSR count). The molecule has 0 saturated heterocycles. The summed E-state index contributed by atoms with van der Waals surface area (Å²) in [5.41, 5.74) is 2.20. The first-order valence-electron chi connectivity index (χ1n) is 6.65. The highest BCUT2D eigenvalue weighted by molar-refractivity contribution is 5.41. The molecule has 4 nitrogen and oxygen atoms in total. The third kappa shape index (κ3) is 3.08. The minimum Gasteiger partial charge on any atom is -0.497 e. The van der Waals surface area contributed by atoms with Crippen LogP contribution in [0.4, 0.5) is 0 Å². The molecule has 0 spiro atoms. The largest absolute Gasteiger partial charge is 0.497 e. The van der Waals surface area contributed by atoms with Crippen molar-refractivity contribution in [1.82, 2.24) is 10.3 Å². The molecule has 2 aromatic rings. The number of hydrogen-bond donors (Lipinski definition) is 1. The summed E-state index contributed by atoms with van der Waals surface area (Å²) in [7, 11) is 3.34. The van der Waals surface area contributed by atoms with Gasteiger partial charge in [0.05, 0.1) is 26.5 Å². The summed E-state index contributed by atoms with van der Waals surface area (Å²) in [5.74, 6) is 1.62. The molecule has 1 aromatic carbocycles. The number of benzene rings is 1. The first-order chi connectivity index (χ1) is 9.80. The lowest BCUT2D eigenvalue weighted by atomic mass is 9.98. The van der Waals surface area contributed by atoms with Gasteiger partial charge in [0.2, 0.25) is 0 Å². The van der Waals surface area contributed by atoms with E-state index in [9.17, 15) is 0 Å². The fourth-order valence-corrected chi connectivity index (χ4v) is 2.23. The summed E-state index contributed by atoms with van der Waals surface area (Å²) in [5, 5.41) is 3.48. The van der Waals surface area contributed by atoms with E-state index in [0.717, 1.165) is 29.2 Å². The van der Waals surface area contributed by atoms with Crippen LogP contribution in [0.3, 0.4) is 0 Å². The molecular formula is C16H20N2O2. The van der Waals surface area contributed by atoms with Crippen LogP contribution in [0.25, 0.3) is 0 Å². The van der Waals surface area contributed by atoms with Gasteiger partial charge < -0.3 is 14.8 Å². The Balaban J connectivity index is 2.44. The summed E-state index contributed by atoms with van der Waals surface area (Å²) in [6, 6.07) is 10.1. The van der Waals surface area contributed by atoms with Crippen LogP contribution in [-0.4, -0.2) is 25.7 Å². The lowest BCUT2D eigenvalue weighted by Gasteiger charge is -2.21. The number of hydrogen-bond acceptors (Lipinski definition) is 4. The Hall–Kier alpha value is -2.07. The van der Waals surface area contributed by atoms with Crippen LogP contribution in [0.2, 0.25) is 0 Å². The molecule has 0 fully saturated rings. The van der Waals surface area contributed by atoms with Crippen molar-refractivity contribution in [1.29, 1.82) is 0 Å². The SMILES string of the molecule is CCNC(c1cccc(OC)c1)c1ccncc1OC. The third-order valence-corrected chi connectivity index (χ3v) is 3.18. The Kier molecular flexibility index (Phi) is 4.96. The number of rotatable bonds is 6. The van der Waals surface area contributed by atoms with Crippen molar-refractivity contribution in [2.24, 2.45) is 0 Å². The molecule has 0 saturated carbocycles. The smallest absolute Gasteiger partial charge is 0.142 e. The molecule has 106 valence electrons. The van der Waals surface area contributed by atoms with Gasteiger partial charge in [-0.1, -0.05) is 19.1 Å². The van der Waals surface area contributed by atoms with Gasteiger partial charge in [0.25, 0.3) is 0 Å². The van der Waals surface area contributed by atoms with Gasteiger partial charge in [0.15, 0.2) is 0 Å². The molecule has 0 radical (unpaired) electrons. The van der Waals surface area contributed by atoms with E-state index in [1.165, 1.54) is 0 Å². The van der Waals surface area contributed by atoms with Crippen LogP contribution in [-0.2, 0) is 0 Å². The van der Waals surface area contributed by atoms with Crippen LogP contribution >= 0.6 is 0 Å². The number of methoxy groups -OCH3 is 2. The molecule has 0 aliphatic heterocycles. The van der Waals surface area contributed by atoms with Gasteiger partial charge in [-0.2, -0.15) is 0 Å². The van der Waals surface area contributed by atoms with Crippen molar-refractivity contribution in [3.05, 3.63) is 53.9 Å². The molecular weight excluding hydrogens is 252 g/mol. The van der Waals surface area contributed by atoms with Gasteiger partial charge in [-0.3, -0.25) is 4.98 Å². The lowest BCUT2D eigenvalue weighted by molar-refractivity contribution is 0.401. The Morgan fingerprint density at radius 3 is 2.75 bits per heavy atom. The van der Waals surface area contributed by atoms with E-state index in [1.807, 2.05) is 24.3 Å². The predicted molar refractivity (Wildman–Crippen MR) is 79.3 cm³/mol. The Morgan fingerprint density at radius 1 is 1.20 bits per heavy atom. The maximum atomic E-state index is 5.42. The molecule has 4 heteroatoms. The van der Waals surface area contributed by atoms with Crippen LogP contribution in [0.15, 0.2) is 42.7 Å². The number of nitrogens with zero attached hydrogens (tertiary/aromatic N) is 1. The third-order valence-electron chi connectivity index (χ3n) is 3.18. The number of pyridine rings is 1. The van der Waals surface area contributed by atoms with Crippen molar-refractivity contribution in [2.75, 3.05) is 20.8 Å². The average molecular weight is 272 g/mol. The number of nitrogens with one attached hydrogen (secondary N) is 1. The van der Waals surface area contributed by atoms with Crippen molar-refractivity contribution >= 4 is 0 Å². The van der Waals surface area contributed by atoms with Crippen molar-refractivity contribution in [2.45, 2.75) is 13.0 Å². The van der Waals surface area contributed by atoms with Gasteiger partial charge in [-0.25, -0.2) is 0 Å². The average Bonchev–Trinajstić information content (AvgIpc) is 2.52. The van der Waals surface area contributed by atoms with E-state index in [4.69, 9.17) is 9.47 Å². The maximum Gasteiger partial charge on any atom is 0.142 e. The molecule has 1 unspecified atom stereocenters. The fourth-order valence-electron chi connectivity index (χ4n) is 2.23. The quantitative estimate of drug-likeness (QED) is 0.878. The summed E-state index contributed by atoms with van der Waals surface area (Å²) < 4.78 is 10.7. The Labute approximate surface area is 119 Å². The summed E-state index contributed by atoms with van der Waals surface area (Å²) in [4.78, 5) is 4.11. The Bertz CT molecular complexity index is 558. The second-order valence-corrected chi connectivity index (χ2v) is 4.38. The summed E-state index contributed by atoms with van der Waals surface area (Å²) >= 11 is 0. The van der Waals surface area contributed by atoms with Crippen molar-refractivity contribution in [3.8, 4) is 11.5 Å². The standard InChI is InChI=1S/C16H20N2O2/c1-4-18-16(12-6-5-7-13(10-12)19-2)14-8-9-17-11-15(14)20-3/h5-11,16,18H,4H2,1-3H3. The number of ether oxygens (including phenoxy) is 2. The topological polar surface area (TPSA) is 43.4 Å². The van der Waals surface area contributed by atoms with Gasteiger partial charge in [-0.15, -0.1) is 0 Å². The van der Waals surface area contributed by atoms with Crippen molar-refractivity contribution < 1.29 is 9.47 Å². The first kappa shape index (κ1) is 14.3. The molecule has 1 aromatic heterocycles. The zero-order valence-electron chi connectivity index (χ0n) is 12.1. The van der Waals surface area contributed by atoms with E-state index in [0.29, 0.717) is 0 Å². The molecule has 1 heterocycles. The Morgan fingerprint density at radius 2 is 2.05 bits per heavy atom. The van der Waals surface area contributed by atoms with E-state index in [1.54, 1.807) is 26.6 Å². The van der Waals surface area contributed by atoms with E-state index >= 15 is 0 Å². The zero-order chi connectivity index (χ0) is 14.4. The second-order valence-electron chi connectivity index (χ2n) is 4.38. The van der Waals surface area contributed by atoms with Crippen molar-refractivity contribution in [3.63, 3.8) is 0 Å². The summed E-state index contributed by atoms with van der Waals surface area (Å²) in [6.07, 6.45) is 3.52. The van der Waals surface area contributed by atoms with Gasteiger partial charge >= 0.3 is 0 Å². The summed E-state index contributed by atoms with van der Waals surface area (Å²) in [6.45, 7) is 2.94. The van der Waals surface area contributed by atoms with Crippen LogP contribution in [0, 0.1) is 0 Å². The molecule has 1 N–H and O–H groups in total. The zero-order valence-corrected chi connectivity index (χ0v) is 12.1. The highest BCUT2D eigenvalue weighted by Crippen LogP contribution is 2.30. The van der Waals surface area contributed by atoms with E-state index in [2.05, 4.69) is 23.3 Å². The maximum absolute atomic E-state index is 5.42. The van der Waals surface area contributed by atoms with Crippen LogP contribution in [0.5, 0.6) is 11.5 Å². The highest BCUT2D eigenvalue weighted by Gasteiger charge is 2.17. The minimum absolute atomic E-state index is 0.0491. The molecule has 0 aliphatic carbocycles. The molecule has 0 bridgehead atoms. The monoisotopic (exact) mass is 272 g/mol. The van der Waals surface area contributed by atoms with Gasteiger partial charge in [0.1, 0.15) is 11.5 Å². The fraction of sp³-hybridized carbons (Fsp3) is 0.312. The highest BCUT2D eigenvalue weighted by atomic mass is 16.5. The predicted octanol–water partition coefficient (Wildman–Crippen LogP) is 2.80. The number of aromatic nitrogens is 1. The van der Waals surface area contributed by atoms with E-state index in [-0.39, 0.29) is 6.04 Å². The molecule has 0 amide bonds. The lowest BCUT2D eigenvalue weighted by Crippen LogP contribution is -2.22. The second kappa shape index (κ2) is 6.91.